The smallest absolute Gasteiger partial charge is 0.373 e. The number of rotatable bonds is 7. The molecule has 2 rings (SSSR count). The molecule has 0 aliphatic rings. The standard InChI is InChI=1S/C18H18O7/c1-11(19)13-4-6-14(7-5-13)24-12(2)17(20)23-10-15-8-9-16(25-15)18(21)22-3/h4-9,12H,10H2,1-3H3. The first-order valence-corrected chi connectivity index (χ1v) is 7.52. The van der Waals surface area contributed by atoms with Crippen LogP contribution in [0.5, 0.6) is 5.75 Å². The molecule has 0 radical (unpaired) electrons. The van der Waals surface area contributed by atoms with Crippen molar-refractivity contribution in [1.29, 1.82) is 0 Å². The number of Topliss-reactive ketones (excluding diaryl/α,β-unsaturated/α-hetero) is 1. The third-order valence-electron chi connectivity index (χ3n) is 3.31. The number of carbonyl (C=O) groups excluding carboxylic acids is 3. The van der Waals surface area contributed by atoms with Crippen molar-refractivity contribution < 1.29 is 33.0 Å². The molecular formula is C18H18O7. The molecule has 0 aliphatic heterocycles. The summed E-state index contributed by atoms with van der Waals surface area (Å²) >= 11 is 0. The minimum absolute atomic E-state index is 0.0309. The maximum absolute atomic E-state index is 12.0. The lowest BCUT2D eigenvalue weighted by molar-refractivity contribution is -0.153. The number of hydrogen-bond donors (Lipinski definition) is 0. The number of ketones is 1. The molecule has 0 aliphatic carbocycles. The lowest BCUT2D eigenvalue weighted by atomic mass is 10.1. The van der Waals surface area contributed by atoms with Gasteiger partial charge >= 0.3 is 11.9 Å². The molecular weight excluding hydrogens is 328 g/mol. The predicted octanol–water partition coefficient (Wildman–Crippen LogP) is 2.78. The minimum Gasteiger partial charge on any atom is -0.479 e. The highest BCUT2D eigenvalue weighted by Crippen LogP contribution is 2.15. The van der Waals surface area contributed by atoms with Crippen molar-refractivity contribution >= 4 is 17.7 Å². The van der Waals surface area contributed by atoms with E-state index in [1.807, 2.05) is 0 Å². The molecule has 0 saturated carbocycles. The summed E-state index contributed by atoms with van der Waals surface area (Å²) < 4.78 is 20.3. The van der Waals surface area contributed by atoms with Gasteiger partial charge in [0.15, 0.2) is 11.9 Å². The van der Waals surface area contributed by atoms with Crippen molar-refractivity contribution in [3.63, 3.8) is 0 Å². The van der Waals surface area contributed by atoms with Crippen LogP contribution in [0.4, 0.5) is 0 Å². The van der Waals surface area contributed by atoms with Gasteiger partial charge in [0.2, 0.25) is 5.76 Å². The quantitative estimate of drug-likeness (QED) is 0.562. The van der Waals surface area contributed by atoms with E-state index in [2.05, 4.69) is 4.74 Å². The van der Waals surface area contributed by atoms with Crippen LogP contribution in [0.2, 0.25) is 0 Å². The van der Waals surface area contributed by atoms with Crippen LogP contribution in [0.25, 0.3) is 0 Å². The van der Waals surface area contributed by atoms with Crippen LogP contribution in [0, 0.1) is 0 Å². The van der Waals surface area contributed by atoms with Crippen LogP contribution in [0.1, 0.15) is 40.5 Å². The zero-order chi connectivity index (χ0) is 18.4. The molecule has 1 aromatic carbocycles. The van der Waals surface area contributed by atoms with Crippen LogP contribution < -0.4 is 4.74 Å². The highest BCUT2D eigenvalue weighted by atomic mass is 16.6. The Hall–Kier alpha value is -3.09. The lowest BCUT2D eigenvalue weighted by Gasteiger charge is -2.13. The molecule has 132 valence electrons. The summed E-state index contributed by atoms with van der Waals surface area (Å²) in [5.41, 5.74) is 0.557. The molecule has 25 heavy (non-hydrogen) atoms. The van der Waals surface area contributed by atoms with Gasteiger partial charge in [0.25, 0.3) is 0 Å². The Morgan fingerprint density at radius 2 is 1.76 bits per heavy atom. The van der Waals surface area contributed by atoms with E-state index in [-0.39, 0.29) is 18.2 Å². The second kappa shape index (κ2) is 8.14. The second-order valence-corrected chi connectivity index (χ2v) is 5.21. The third kappa shape index (κ3) is 4.94. The van der Waals surface area contributed by atoms with Crippen LogP contribution in [-0.4, -0.2) is 30.9 Å². The molecule has 1 atom stereocenters. The van der Waals surface area contributed by atoms with E-state index >= 15 is 0 Å². The summed E-state index contributed by atoms with van der Waals surface area (Å²) in [4.78, 5) is 34.5. The summed E-state index contributed by atoms with van der Waals surface area (Å²) in [5.74, 6) is -0.464. The molecule has 7 nitrogen and oxygen atoms in total. The van der Waals surface area contributed by atoms with E-state index in [9.17, 15) is 14.4 Å². The lowest BCUT2D eigenvalue weighted by Crippen LogP contribution is -2.26. The Bertz CT molecular complexity index is 758. The first-order chi connectivity index (χ1) is 11.9. The zero-order valence-electron chi connectivity index (χ0n) is 14.1. The molecule has 0 N–H and O–H groups in total. The van der Waals surface area contributed by atoms with E-state index in [1.54, 1.807) is 31.2 Å². The Kier molecular flexibility index (Phi) is 5.94. The van der Waals surface area contributed by atoms with Crippen molar-refractivity contribution in [2.75, 3.05) is 7.11 Å². The van der Waals surface area contributed by atoms with Gasteiger partial charge in [0.1, 0.15) is 18.1 Å². The van der Waals surface area contributed by atoms with Gasteiger partial charge in [-0.25, -0.2) is 9.59 Å². The molecule has 7 heteroatoms. The predicted molar refractivity (Wildman–Crippen MR) is 86.4 cm³/mol. The number of methoxy groups -OCH3 is 1. The topological polar surface area (TPSA) is 92.0 Å². The number of benzene rings is 1. The van der Waals surface area contributed by atoms with Gasteiger partial charge in [-0.1, -0.05) is 0 Å². The molecule has 2 aromatic rings. The molecule has 1 heterocycles. The number of hydrogen-bond acceptors (Lipinski definition) is 7. The summed E-state index contributed by atoms with van der Waals surface area (Å²) in [6.07, 6.45) is -0.849. The van der Waals surface area contributed by atoms with Gasteiger partial charge in [-0.2, -0.15) is 0 Å². The Morgan fingerprint density at radius 3 is 2.36 bits per heavy atom. The Balaban J connectivity index is 1.86. The fourth-order valence-corrected chi connectivity index (χ4v) is 1.95. The highest BCUT2D eigenvalue weighted by molar-refractivity contribution is 5.94. The molecule has 0 bridgehead atoms. The van der Waals surface area contributed by atoms with Crippen molar-refractivity contribution in [3.05, 3.63) is 53.5 Å². The normalized spacial score (nSPS) is 11.5. The van der Waals surface area contributed by atoms with E-state index in [0.717, 1.165) is 0 Å². The van der Waals surface area contributed by atoms with Crippen LogP contribution in [0.15, 0.2) is 40.8 Å². The van der Waals surface area contributed by atoms with Gasteiger partial charge in [0, 0.05) is 5.56 Å². The molecule has 0 spiro atoms. The van der Waals surface area contributed by atoms with Crippen molar-refractivity contribution in [3.8, 4) is 5.75 Å². The number of esters is 2. The Morgan fingerprint density at radius 1 is 1.08 bits per heavy atom. The summed E-state index contributed by atoms with van der Waals surface area (Å²) in [6.45, 7) is 2.88. The van der Waals surface area contributed by atoms with Gasteiger partial charge in [-0.05, 0) is 50.2 Å². The first kappa shape index (κ1) is 18.3. The third-order valence-corrected chi connectivity index (χ3v) is 3.31. The number of ether oxygens (including phenoxy) is 3. The molecule has 1 unspecified atom stereocenters. The van der Waals surface area contributed by atoms with Crippen molar-refractivity contribution in [2.24, 2.45) is 0 Å². The average molecular weight is 346 g/mol. The minimum atomic E-state index is -0.849. The monoisotopic (exact) mass is 346 g/mol. The molecule has 1 aromatic heterocycles. The largest absolute Gasteiger partial charge is 0.479 e. The van der Waals surface area contributed by atoms with Gasteiger partial charge < -0.3 is 18.6 Å². The number of furan rings is 1. The summed E-state index contributed by atoms with van der Waals surface area (Å²) in [7, 11) is 1.24. The van der Waals surface area contributed by atoms with Crippen molar-refractivity contribution in [2.45, 2.75) is 26.6 Å². The summed E-state index contributed by atoms with van der Waals surface area (Å²) in [5, 5.41) is 0. The van der Waals surface area contributed by atoms with Crippen LogP contribution in [0.3, 0.4) is 0 Å². The Labute approximate surface area is 144 Å². The van der Waals surface area contributed by atoms with Crippen LogP contribution >= 0.6 is 0 Å². The fraction of sp³-hybridized carbons (Fsp3) is 0.278. The first-order valence-electron chi connectivity index (χ1n) is 7.52. The van der Waals surface area contributed by atoms with Crippen LogP contribution in [-0.2, 0) is 20.9 Å². The van der Waals surface area contributed by atoms with E-state index in [1.165, 1.54) is 26.2 Å². The maximum Gasteiger partial charge on any atom is 0.373 e. The highest BCUT2D eigenvalue weighted by Gasteiger charge is 2.18. The van der Waals surface area contributed by atoms with E-state index in [4.69, 9.17) is 13.9 Å². The van der Waals surface area contributed by atoms with Gasteiger partial charge in [0.05, 0.1) is 7.11 Å². The van der Waals surface area contributed by atoms with E-state index < -0.39 is 18.0 Å². The molecule has 0 amide bonds. The van der Waals surface area contributed by atoms with Gasteiger partial charge in [-0.15, -0.1) is 0 Å². The van der Waals surface area contributed by atoms with E-state index in [0.29, 0.717) is 17.1 Å². The van der Waals surface area contributed by atoms with Gasteiger partial charge in [-0.3, -0.25) is 4.79 Å². The molecule has 0 saturated heterocycles. The molecule has 0 fully saturated rings. The zero-order valence-corrected chi connectivity index (χ0v) is 14.1. The maximum atomic E-state index is 12.0. The fourth-order valence-electron chi connectivity index (χ4n) is 1.95. The van der Waals surface area contributed by atoms with Crippen molar-refractivity contribution in [1.82, 2.24) is 0 Å². The second-order valence-electron chi connectivity index (χ2n) is 5.21. The average Bonchev–Trinajstić information content (AvgIpc) is 3.08. The number of carbonyl (C=O) groups is 3. The summed E-state index contributed by atoms with van der Waals surface area (Å²) in [6, 6.07) is 9.40. The SMILES string of the molecule is COC(=O)c1ccc(COC(=O)C(C)Oc2ccc(C(C)=O)cc2)o1.